The highest BCUT2D eigenvalue weighted by Gasteiger charge is 2.00. The van der Waals surface area contributed by atoms with Crippen LogP contribution in [0.5, 0.6) is 0 Å². The van der Waals surface area contributed by atoms with E-state index >= 15 is 0 Å². The van der Waals surface area contributed by atoms with Crippen LogP contribution >= 0.6 is 0 Å². The molecule has 0 aromatic carbocycles. The van der Waals surface area contributed by atoms with Crippen molar-refractivity contribution >= 4 is 5.91 Å². The lowest BCUT2D eigenvalue weighted by atomic mass is 10.4. The zero-order valence-electron chi connectivity index (χ0n) is 4.69. The van der Waals surface area contributed by atoms with Crippen molar-refractivity contribution in [3.63, 3.8) is 0 Å². The maximum atomic E-state index is 10.4. The molecule has 0 radical (unpaired) electrons. The number of rotatable bonds is 0. The van der Waals surface area contributed by atoms with Gasteiger partial charge in [0.2, 0.25) is 5.91 Å². The lowest BCUT2D eigenvalue weighted by molar-refractivity contribution is -0.116. The van der Waals surface area contributed by atoms with Gasteiger partial charge in [-0.2, -0.15) is 0 Å². The highest BCUT2D eigenvalue weighted by molar-refractivity contribution is 5.88. The Morgan fingerprint density at radius 3 is 2.75 bits per heavy atom. The van der Waals surface area contributed by atoms with E-state index in [0.29, 0.717) is 6.67 Å². The second-order valence-corrected chi connectivity index (χ2v) is 1.72. The molecular weight excluding hydrogens is 104 g/mol. The Morgan fingerprint density at radius 2 is 2.38 bits per heavy atom. The molecule has 2 N–H and O–H groups in total. The van der Waals surface area contributed by atoms with Gasteiger partial charge >= 0.3 is 0 Å². The molecule has 1 heterocycles. The molecule has 0 fully saturated rings. The first-order chi connectivity index (χ1) is 3.79. The molecule has 44 valence electrons. The monoisotopic (exact) mass is 112 g/mol. The Hall–Kier alpha value is -0.990. The Bertz CT molecular complexity index is 139. The van der Waals surface area contributed by atoms with Gasteiger partial charge in [0, 0.05) is 11.8 Å². The van der Waals surface area contributed by atoms with Gasteiger partial charge in [-0.05, 0) is 6.92 Å². The van der Waals surface area contributed by atoms with Crippen molar-refractivity contribution < 1.29 is 4.79 Å². The molecule has 3 heteroatoms. The van der Waals surface area contributed by atoms with E-state index in [9.17, 15) is 4.79 Å². The molecule has 0 spiro atoms. The smallest absolute Gasteiger partial charge is 0.247 e. The van der Waals surface area contributed by atoms with Crippen molar-refractivity contribution in [2.75, 3.05) is 6.67 Å². The minimum Gasteiger partial charge on any atom is -0.371 e. The Kier molecular flexibility index (Phi) is 1.20. The van der Waals surface area contributed by atoms with Crippen LogP contribution in [-0.4, -0.2) is 12.6 Å². The molecule has 8 heavy (non-hydrogen) atoms. The molecule has 1 rings (SSSR count). The number of hydrogen-bond donors (Lipinski definition) is 2. The van der Waals surface area contributed by atoms with Gasteiger partial charge in [-0.3, -0.25) is 4.79 Å². The number of nitrogens with one attached hydrogen (secondary N) is 2. The normalized spacial score (nSPS) is 18.6. The van der Waals surface area contributed by atoms with Gasteiger partial charge in [-0.25, -0.2) is 0 Å². The minimum atomic E-state index is -0.0127. The molecular formula is C5H8N2O. The molecule has 0 bridgehead atoms. The van der Waals surface area contributed by atoms with Gasteiger partial charge < -0.3 is 10.6 Å². The minimum absolute atomic E-state index is 0.0127. The SMILES string of the molecule is CC1=CC(=O)NCN1. The topological polar surface area (TPSA) is 41.1 Å². The fourth-order valence-electron chi connectivity index (χ4n) is 0.569. The zero-order valence-corrected chi connectivity index (χ0v) is 4.69. The first-order valence-corrected chi connectivity index (χ1v) is 2.49. The van der Waals surface area contributed by atoms with Crippen molar-refractivity contribution in [2.45, 2.75) is 6.92 Å². The fraction of sp³-hybridized carbons (Fsp3) is 0.400. The highest BCUT2D eigenvalue weighted by Crippen LogP contribution is 1.87. The average molecular weight is 112 g/mol. The fourth-order valence-corrected chi connectivity index (χ4v) is 0.569. The van der Waals surface area contributed by atoms with Crippen molar-refractivity contribution in [3.05, 3.63) is 11.8 Å². The number of allylic oxidation sites excluding steroid dienone is 1. The Morgan fingerprint density at radius 1 is 1.62 bits per heavy atom. The highest BCUT2D eigenvalue weighted by atomic mass is 16.1. The van der Waals surface area contributed by atoms with Crippen LogP contribution in [0.25, 0.3) is 0 Å². The van der Waals surface area contributed by atoms with Crippen molar-refractivity contribution in [2.24, 2.45) is 0 Å². The average Bonchev–Trinajstić information content (AvgIpc) is 1.64. The van der Waals surface area contributed by atoms with Crippen LogP contribution in [0.3, 0.4) is 0 Å². The van der Waals surface area contributed by atoms with E-state index in [1.165, 1.54) is 6.08 Å². The molecule has 0 unspecified atom stereocenters. The van der Waals surface area contributed by atoms with Crippen LogP contribution in [0.4, 0.5) is 0 Å². The van der Waals surface area contributed by atoms with Crippen molar-refractivity contribution in [3.8, 4) is 0 Å². The van der Waals surface area contributed by atoms with E-state index in [2.05, 4.69) is 10.6 Å². The van der Waals surface area contributed by atoms with Crippen molar-refractivity contribution in [1.29, 1.82) is 0 Å². The lowest BCUT2D eigenvalue weighted by Gasteiger charge is -2.11. The summed E-state index contributed by atoms with van der Waals surface area (Å²) in [6.45, 7) is 2.42. The van der Waals surface area contributed by atoms with Crippen molar-refractivity contribution in [1.82, 2.24) is 10.6 Å². The summed E-state index contributed by atoms with van der Waals surface area (Å²) in [6, 6.07) is 0. The lowest BCUT2D eigenvalue weighted by Crippen LogP contribution is -2.36. The third kappa shape index (κ3) is 0.992. The Balaban J connectivity index is 2.64. The summed E-state index contributed by atoms with van der Waals surface area (Å²) in [6.07, 6.45) is 1.53. The molecule has 0 aromatic rings. The number of hydrogen-bond acceptors (Lipinski definition) is 2. The summed E-state index contributed by atoms with van der Waals surface area (Å²) in [4.78, 5) is 10.4. The van der Waals surface area contributed by atoms with Crippen LogP contribution in [0, 0.1) is 0 Å². The van der Waals surface area contributed by atoms with E-state index in [4.69, 9.17) is 0 Å². The van der Waals surface area contributed by atoms with Crippen LogP contribution < -0.4 is 10.6 Å². The summed E-state index contributed by atoms with van der Waals surface area (Å²) < 4.78 is 0. The number of carbonyl (C=O) groups is 1. The summed E-state index contributed by atoms with van der Waals surface area (Å²) in [5, 5.41) is 5.53. The molecule has 1 amide bonds. The predicted molar refractivity (Wildman–Crippen MR) is 29.9 cm³/mol. The molecule has 3 nitrogen and oxygen atoms in total. The molecule has 1 aliphatic heterocycles. The summed E-state index contributed by atoms with van der Waals surface area (Å²) in [5.74, 6) is -0.0127. The van der Waals surface area contributed by atoms with E-state index in [1.807, 2.05) is 6.92 Å². The van der Waals surface area contributed by atoms with Gasteiger partial charge in [-0.15, -0.1) is 0 Å². The maximum Gasteiger partial charge on any atom is 0.247 e. The first-order valence-electron chi connectivity index (χ1n) is 2.49. The second-order valence-electron chi connectivity index (χ2n) is 1.72. The summed E-state index contributed by atoms with van der Waals surface area (Å²) in [7, 11) is 0. The molecule has 0 saturated carbocycles. The molecule has 1 aliphatic rings. The van der Waals surface area contributed by atoms with Gasteiger partial charge in [0.1, 0.15) is 0 Å². The van der Waals surface area contributed by atoms with E-state index in [1.54, 1.807) is 0 Å². The zero-order chi connectivity index (χ0) is 5.98. The Labute approximate surface area is 47.8 Å². The predicted octanol–water partition coefficient (Wildman–Crippen LogP) is -0.433. The van der Waals surface area contributed by atoms with Crippen LogP contribution in [0.1, 0.15) is 6.92 Å². The van der Waals surface area contributed by atoms with E-state index in [-0.39, 0.29) is 5.91 Å². The number of amides is 1. The van der Waals surface area contributed by atoms with Gasteiger partial charge in [0.15, 0.2) is 0 Å². The standard InChI is InChI=1S/C5H8N2O/c1-4-2-5(8)7-3-6-4/h2,6H,3H2,1H3,(H,7,8). The van der Waals surface area contributed by atoms with Gasteiger partial charge in [-0.1, -0.05) is 0 Å². The maximum absolute atomic E-state index is 10.4. The molecule has 0 aromatic heterocycles. The third-order valence-electron chi connectivity index (χ3n) is 0.977. The number of carbonyl (C=O) groups excluding carboxylic acids is 1. The van der Waals surface area contributed by atoms with E-state index < -0.39 is 0 Å². The summed E-state index contributed by atoms with van der Waals surface area (Å²) >= 11 is 0. The summed E-state index contributed by atoms with van der Waals surface area (Å²) in [5.41, 5.74) is 0.925. The third-order valence-corrected chi connectivity index (χ3v) is 0.977. The van der Waals surface area contributed by atoms with Crippen LogP contribution in [0.15, 0.2) is 11.8 Å². The largest absolute Gasteiger partial charge is 0.371 e. The quantitative estimate of drug-likeness (QED) is 0.446. The van der Waals surface area contributed by atoms with Crippen LogP contribution in [-0.2, 0) is 4.79 Å². The molecule has 0 atom stereocenters. The van der Waals surface area contributed by atoms with Crippen LogP contribution in [0.2, 0.25) is 0 Å². The molecule has 0 saturated heterocycles. The molecule has 0 aliphatic carbocycles. The first kappa shape index (κ1) is 5.15. The second kappa shape index (κ2) is 1.86. The van der Waals surface area contributed by atoms with Gasteiger partial charge in [0.25, 0.3) is 0 Å². The van der Waals surface area contributed by atoms with Gasteiger partial charge in [0.05, 0.1) is 6.67 Å². The van der Waals surface area contributed by atoms with E-state index in [0.717, 1.165) is 5.70 Å².